The van der Waals surface area contributed by atoms with Crippen molar-refractivity contribution in [3.05, 3.63) is 24.3 Å². The fourth-order valence-electron chi connectivity index (χ4n) is 3.83. The third-order valence-corrected chi connectivity index (χ3v) is 5.38. The Morgan fingerprint density at radius 1 is 1.20 bits per heavy atom. The van der Waals surface area contributed by atoms with E-state index in [0.29, 0.717) is 5.75 Å². The van der Waals surface area contributed by atoms with Gasteiger partial charge >= 0.3 is 0 Å². The molecule has 25 heavy (non-hydrogen) atoms. The minimum Gasteiger partial charge on any atom is -0.506 e. The summed E-state index contributed by atoms with van der Waals surface area (Å²) in [6, 6.07) is 7.58. The monoisotopic (exact) mass is 345 g/mol. The average Bonchev–Trinajstić information content (AvgIpc) is 3.11. The molecule has 0 saturated carbocycles. The molecule has 6 heteroatoms. The number of hydrogen-bond donors (Lipinski definition) is 2. The number of anilines is 1. The van der Waals surface area contributed by atoms with Crippen LogP contribution >= 0.6 is 0 Å². The van der Waals surface area contributed by atoms with Crippen molar-refractivity contribution < 1.29 is 5.11 Å². The average molecular weight is 345 g/mol. The molecule has 1 aromatic rings. The largest absolute Gasteiger partial charge is 0.506 e. The highest BCUT2D eigenvalue weighted by molar-refractivity contribution is 5.80. The van der Waals surface area contributed by atoms with Crippen LogP contribution in [0.15, 0.2) is 29.3 Å². The molecular weight excluding hydrogens is 314 g/mol. The smallest absolute Gasteiger partial charge is 0.193 e. The van der Waals surface area contributed by atoms with Gasteiger partial charge in [0.15, 0.2) is 5.96 Å². The first-order chi connectivity index (χ1) is 12.2. The van der Waals surface area contributed by atoms with Crippen LogP contribution in [0.5, 0.6) is 5.75 Å². The molecule has 138 valence electrons. The second-order valence-electron chi connectivity index (χ2n) is 6.94. The van der Waals surface area contributed by atoms with Crippen LogP contribution in [0, 0.1) is 5.92 Å². The van der Waals surface area contributed by atoms with E-state index >= 15 is 0 Å². The van der Waals surface area contributed by atoms with Crippen molar-refractivity contribution in [2.24, 2.45) is 10.9 Å². The van der Waals surface area contributed by atoms with E-state index in [2.05, 4.69) is 31.9 Å². The fraction of sp³-hybridized carbons (Fsp3) is 0.632. The van der Waals surface area contributed by atoms with Crippen LogP contribution in [0.4, 0.5) is 5.69 Å². The summed E-state index contributed by atoms with van der Waals surface area (Å²) in [6.45, 7) is 10.4. The lowest BCUT2D eigenvalue weighted by atomic mass is 10.1. The molecule has 0 spiro atoms. The van der Waals surface area contributed by atoms with Crippen molar-refractivity contribution in [3.63, 3.8) is 0 Å². The summed E-state index contributed by atoms with van der Waals surface area (Å²) in [5.74, 6) is 2.09. The zero-order valence-electron chi connectivity index (χ0n) is 15.5. The molecule has 2 N–H and O–H groups in total. The number of guanidine groups is 1. The maximum Gasteiger partial charge on any atom is 0.193 e. The van der Waals surface area contributed by atoms with E-state index in [1.165, 1.54) is 19.5 Å². The van der Waals surface area contributed by atoms with Gasteiger partial charge < -0.3 is 25.1 Å². The first kappa shape index (κ1) is 17.9. The van der Waals surface area contributed by atoms with Crippen molar-refractivity contribution in [2.45, 2.75) is 13.3 Å². The normalized spacial score (nSPS) is 22.5. The van der Waals surface area contributed by atoms with Gasteiger partial charge in [-0.15, -0.1) is 0 Å². The summed E-state index contributed by atoms with van der Waals surface area (Å²) in [7, 11) is 1.87. The van der Waals surface area contributed by atoms with Crippen LogP contribution in [0.3, 0.4) is 0 Å². The lowest BCUT2D eigenvalue weighted by Gasteiger charge is -2.38. The molecule has 1 atom stereocenters. The molecule has 1 unspecified atom stereocenters. The highest BCUT2D eigenvalue weighted by Crippen LogP contribution is 2.27. The first-order valence-corrected chi connectivity index (χ1v) is 9.42. The summed E-state index contributed by atoms with van der Waals surface area (Å²) < 4.78 is 0. The van der Waals surface area contributed by atoms with Crippen LogP contribution < -0.4 is 10.2 Å². The van der Waals surface area contributed by atoms with E-state index in [1.54, 1.807) is 6.07 Å². The Labute approximate surface area is 151 Å². The van der Waals surface area contributed by atoms with Crippen molar-refractivity contribution in [1.29, 1.82) is 0 Å². The maximum atomic E-state index is 10.0. The van der Waals surface area contributed by atoms with Crippen molar-refractivity contribution in [2.75, 3.05) is 64.3 Å². The lowest BCUT2D eigenvalue weighted by molar-refractivity contribution is 0.337. The zero-order chi connectivity index (χ0) is 17.6. The van der Waals surface area contributed by atoms with Gasteiger partial charge in [-0.3, -0.25) is 4.99 Å². The predicted molar refractivity (Wildman–Crippen MR) is 103 cm³/mol. The van der Waals surface area contributed by atoms with Crippen LogP contribution in [-0.2, 0) is 0 Å². The Balaban J connectivity index is 1.48. The summed E-state index contributed by atoms with van der Waals surface area (Å²) in [5.41, 5.74) is 0.927. The minimum absolute atomic E-state index is 0.361. The Morgan fingerprint density at radius 2 is 1.96 bits per heavy atom. The predicted octanol–water partition coefficient (Wildman–Crippen LogP) is 1.43. The van der Waals surface area contributed by atoms with Gasteiger partial charge in [-0.05, 0) is 37.6 Å². The van der Waals surface area contributed by atoms with Crippen LogP contribution in [0.2, 0.25) is 0 Å². The van der Waals surface area contributed by atoms with E-state index in [9.17, 15) is 5.11 Å². The number of hydrogen-bond acceptors (Lipinski definition) is 4. The zero-order valence-corrected chi connectivity index (χ0v) is 15.5. The lowest BCUT2D eigenvalue weighted by Crippen LogP contribution is -2.53. The Kier molecular flexibility index (Phi) is 6.02. The number of phenols is 1. The molecule has 2 saturated heterocycles. The van der Waals surface area contributed by atoms with E-state index in [4.69, 9.17) is 0 Å². The Morgan fingerprint density at radius 3 is 2.60 bits per heavy atom. The number of likely N-dealkylation sites (tertiary alicyclic amines) is 1. The van der Waals surface area contributed by atoms with Gasteiger partial charge in [0, 0.05) is 46.3 Å². The van der Waals surface area contributed by atoms with Crippen molar-refractivity contribution >= 4 is 11.6 Å². The number of nitrogens with zero attached hydrogens (tertiary/aromatic N) is 4. The molecule has 0 bridgehead atoms. The molecule has 2 heterocycles. The maximum absolute atomic E-state index is 10.0. The number of rotatable bonds is 4. The van der Waals surface area contributed by atoms with Gasteiger partial charge in [0.1, 0.15) is 5.75 Å². The molecule has 1 aromatic carbocycles. The van der Waals surface area contributed by atoms with E-state index < -0.39 is 0 Å². The molecule has 2 aliphatic heterocycles. The van der Waals surface area contributed by atoms with Gasteiger partial charge in [0.2, 0.25) is 0 Å². The van der Waals surface area contributed by atoms with E-state index in [-0.39, 0.29) is 0 Å². The van der Waals surface area contributed by atoms with Crippen LogP contribution in [0.1, 0.15) is 13.3 Å². The third-order valence-electron chi connectivity index (χ3n) is 5.38. The molecule has 0 aliphatic carbocycles. The number of benzene rings is 1. The fourth-order valence-corrected chi connectivity index (χ4v) is 3.83. The standard InChI is InChI=1S/C19H31N5O/c1-3-22-9-8-16(15-22)14-21-19(20-2)24-12-10-23(11-13-24)17-6-4-5-7-18(17)25/h4-7,16,25H,3,8-15H2,1-2H3,(H,20,21). The second kappa shape index (κ2) is 8.43. The number of nitrogens with one attached hydrogen (secondary N) is 1. The quantitative estimate of drug-likeness (QED) is 0.639. The topological polar surface area (TPSA) is 54.3 Å². The molecule has 0 aromatic heterocycles. The van der Waals surface area contributed by atoms with Crippen molar-refractivity contribution in [1.82, 2.24) is 15.1 Å². The second-order valence-corrected chi connectivity index (χ2v) is 6.94. The number of aromatic hydroxyl groups is 1. The van der Waals surface area contributed by atoms with Crippen LogP contribution in [-0.4, -0.2) is 80.3 Å². The summed E-state index contributed by atoms with van der Waals surface area (Å²) >= 11 is 0. The molecule has 0 radical (unpaired) electrons. The molecule has 3 rings (SSSR count). The van der Waals surface area contributed by atoms with Gasteiger partial charge in [-0.25, -0.2) is 0 Å². The SMILES string of the molecule is CCN1CCC(CNC(=NC)N2CCN(c3ccccc3O)CC2)C1. The third kappa shape index (κ3) is 4.37. The van der Waals surface area contributed by atoms with Gasteiger partial charge in [-0.1, -0.05) is 19.1 Å². The Bertz CT molecular complexity index is 583. The van der Waals surface area contributed by atoms with Crippen molar-refractivity contribution in [3.8, 4) is 5.75 Å². The summed E-state index contributed by atoms with van der Waals surface area (Å²) in [5, 5.41) is 13.6. The van der Waals surface area contributed by atoms with Crippen LogP contribution in [0.25, 0.3) is 0 Å². The molecular formula is C19H31N5O. The van der Waals surface area contributed by atoms with Gasteiger partial charge in [0.05, 0.1) is 5.69 Å². The highest BCUT2D eigenvalue weighted by atomic mass is 16.3. The highest BCUT2D eigenvalue weighted by Gasteiger charge is 2.24. The summed E-state index contributed by atoms with van der Waals surface area (Å²) in [6.07, 6.45) is 1.28. The minimum atomic E-state index is 0.361. The van der Waals surface area contributed by atoms with Gasteiger partial charge in [0.25, 0.3) is 0 Å². The first-order valence-electron chi connectivity index (χ1n) is 9.42. The van der Waals surface area contributed by atoms with E-state index in [1.807, 2.05) is 25.2 Å². The number of phenolic OH excluding ortho intramolecular Hbond substituents is 1. The molecule has 0 amide bonds. The van der Waals surface area contributed by atoms with Gasteiger partial charge in [-0.2, -0.15) is 0 Å². The number of aliphatic imine (C=N–C) groups is 1. The molecule has 2 fully saturated rings. The Hall–Kier alpha value is -1.95. The number of para-hydroxylation sites is 2. The van der Waals surface area contributed by atoms with E-state index in [0.717, 1.165) is 56.8 Å². The molecule has 2 aliphatic rings. The summed E-state index contributed by atoms with van der Waals surface area (Å²) in [4.78, 5) is 11.6. The molecule has 6 nitrogen and oxygen atoms in total. The number of piperazine rings is 1.